The number of hydrogen-bond acceptors (Lipinski definition) is 4. The van der Waals surface area contributed by atoms with E-state index in [1.54, 1.807) is 6.07 Å². The average molecular weight is 307 g/mol. The summed E-state index contributed by atoms with van der Waals surface area (Å²) in [5.41, 5.74) is -0.0722. The number of nitrogens with zero attached hydrogens (tertiary/aromatic N) is 2. The maximum atomic E-state index is 12.1. The minimum atomic E-state index is -0.0722. The molecule has 0 spiro atoms. The molecular formula is C15H21N3O2S. The molecule has 2 heterocycles. The number of thiophene rings is 1. The van der Waals surface area contributed by atoms with Crippen LogP contribution in [0.25, 0.3) is 10.2 Å². The Morgan fingerprint density at radius 1 is 1.38 bits per heavy atom. The van der Waals surface area contributed by atoms with Gasteiger partial charge >= 0.3 is 0 Å². The first kappa shape index (κ1) is 15.7. The van der Waals surface area contributed by atoms with Crippen LogP contribution in [0.2, 0.25) is 0 Å². The Hall–Kier alpha value is -1.69. The number of carbonyl (C=O) groups is 1. The predicted molar refractivity (Wildman–Crippen MR) is 85.6 cm³/mol. The van der Waals surface area contributed by atoms with Crippen LogP contribution in [-0.4, -0.2) is 22.0 Å². The van der Waals surface area contributed by atoms with Crippen LogP contribution in [0.5, 0.6) is 0 Å². The number of aryl methyl sites for hydroxylation is 1. The lowest BCUT2D eigenvalue weighted by atomic mass is 10.2. The Morgan fingerprint density at radius 2 is 2.24 bits per heavy atom. The average Bonchev–Trinajstić information content (AvgIpc) is 2.96. The fourth-order valence-electron chi connectivity index (χ4n) is 2.14. The molecule has 0 saturated heterocycles. The third kappa shape index (κ3) is 4.39. The second-order valence-electron chi connectivity index (χ2n) is 5.04. The van der Waals surface area contributed by atoms with Crippen molar-refractivity contribution in [2.75, 3.05) is 6.54 Å². The van der Waals surface area contributed by atoms with Gasteiger partial charge < -0.3 is 5.32 Å². The smallest absolute Gasteiger partial charge is 0.262 e. The normalized spacial score (nSPS) is 10.9. The molecule has 1 N–H and O–H groups in total. The predicted octanol–water partition coefficient (Wildman–Crippen LogP) is 2.54. The van der Waals surface area contributed by atoms with Gasteiger partial charge in [-0.15, -0.1) is 11.3 Å². The van der Waals surface area contributed by atoms with Gasteiger partial charge in [0.2, 0.25) is 5.91 Å². The van der Waals surface area contributed by atoms with Crippen LogP contribution >= 0.6 is 11.3 Å². The summed E-state index contributed by atoms with van der Waals surface area (Å²) in [6, 6.07) is 1.78. The number of fused-ring (bicyclic) bond motifs is 1. The monoisotopic (exact) mass is 307 g/mol. The fourth-order valence-corrected chi connectivity index (χ4v) is 2.87. The van der Waals surface area contributed by atoms with Crippen molar-refractivity contribution in [1.29, 1.82) is 0 Å². The Morgan fingerprint density at radius 3 is 3.05 bits per heavy atom. The molecule has 1 amide bonds. The van der Waals surface area contributed by atoms with Gasteiger partial charge in [-0.05, 0) is 17.9 Å². The molecule has 6 heteroatoms. The molecule has 2 aromatic rings. The van der Waals surface area contributed by atoms with E-state index in [4.69, 9.17) is 0 Å². The van der Waals surface area contributed by atoms with Gasteiger partial charge in [0.05, 0.1) is 11.7 Å². The number of hydrogen-bond donors (Lipinski definition) is 1. The van der Waals surface area contributed by atoms with E-state index in [1.165, 1.54) is 35.1 Å². The van der Waals surface area contributed by atoms with Crippen molar-refractivity contribution in [3.05, 3.63) is 28.1 Å². The molecule has 5 nitrogen and oxygen atoms in total. The highest BCUT2D eigenvalue weighted by molar-refractivity contribution is 7.16. The van der Waals surface area contributed by atoms with Crippen LogP contribution < -0.4 is 10.9 Å². The minimum absolute atomic E-state index is 0.0104. The van der Waals surface area contributed by atoms with Crippen molar-refractivity contribution in [2.45, 2.75) is 45.6 Å². The second-order valence-corrected chi connectivity index (χ2v) is 5.94. The topological polar surface area (TPSA) is 64.0 Å². The zero-order valence-corrected chi connectivity index (χ0v) is 13.1. The maximum Gasteiger partial charge on any atom is 0.262 e. The lowest BCUT2D eigenvalue weighted by Crippen LogP contribution is -2.28. The van der Waals surface area contributed by atoms with Crippen LogP contribution in [0.1, 0.15) is 39.0 Å². The van der Waals surface area contributed by atoms with Gasteiger partial charge in [-0.2, -0.15) is 0 Å². The molecule has 2 rings (SSSR count). The van der Waals surface area contributed by atoms with Gasteiger partial charge in [-0.3, -0.25) is 14.2 Å². The van der Waals surface area contributed by atoms with Gasteiger partial charge in [0.15, 0.2) is 0 Å². The highest BCUT2D eigenvalue weighted by Crippen LogP contribution is 2.13. The first-order valence-electron chi connectivity index (χ1n) is 7.41. The van der Waals surface area contributed by atoms with E-state index in [-0.39, 0.29) is 11.5 Å². The summed E-state index contributed by atoms with van der Waals surface area (Å²) in [5, 5.41) is 5.37. The zero-order chi connectivity index (χ0) is 15.1. The molecule has 0 aliphatic rings. The summed E-state index contributed by atoms with van der Waals surface area (Å²) in [5.74, 6) is -0.0104. The number of nitrogens with one attached hydrogen (secondary N) is 1. The third-order valence-electron chi connectivity index (χ3n) is 3.38. The van der Waals surface area contributed by atoms with Gasteiger partial charge in [0, 0.05) is 19.5 Å². The molecule has 0 aromatic carbocycles. The van der Waals surface area contributed by atoms with Crippen molar-refractivity contribution in [2.24, 2.45) is 0 Å². The molecule has 0 aliphatic carbocycles. The van der Waals surface area contributed by atoms with Gasteiger partial charge in [0.1, 0.15) is 4.83 Å². The summed E-state index contributed by atoms with van der Waals surface area (Å²) < 4.78 is 1.51. The SMILES string of the molecule is CCCCCCNC(=O)CCn1cnc2sccc2c1=O. The van der Waals surface area contributed by atoms with Crippen molar-refractivity contribution in [3.63, 3.8) is 0 Å². The number of rotatable bonds is 8. The van der Waals surface area contributed by atoms with Gasteiger partial charge in [-0.1, -0.05) is 26.2 Å². The van der Waals surface area contributed by atoms with Crippen LogP contribution in [0.3, 0.4) is 0 Å². The zero-order valence-electron chi connectivity index (χ0n) is 12.3. The highest BCUT2D eigenvalue weighted by Gasteiger charge is 2.07. The summed E-state index contributed by atoms with van der Waals surface area (Å²) in [7, 11) is 0. The van der Waals surface area contributed by atoms with E-state index in [2.05, 4.69) is 17.2 Å². The maximum absolute atomic E-state index is 12.1. The van der Waals surface area contributed by atoms with E-state index < -0.39 is 0 Å². The summed E-state index contributed by atoms with van der Waals surface area (Å²) in [4.78, 5) is 28.8. The first-order valence-corrected chi connectivity index (χ1v) is 8.29. The first-order chi connectivity index (χ1) is 10.2. The molecule has 0 saturated carbocycles. The third-order valence-corrected chi connectivity index (χ3v) is 4.20. The fraction of sp³-hybridized carbons (Fsp3) is 0.533. The van der Waals surface area contributed by atoms with Crippen molar-refractivity contribution < 1.29 is 4.79 Å². The van der Waals surface area contributed by atoms with Crippen molar-refractivity contribution in [1.82, 2.24) is 14.9 Å². The second kappa shape index (κ2) is 7.93. The van der Waals surface area contributed by atoms with Crippen molar-refractivity contribution in [3.8, 4) is 0 Å². The molecule has 114 valence electrons. The molecule has 0 bridgehead atoms. The van der Waals surface area contributed by atoms with Crippen LogP contribution in [0.4, 0.5) is 0 Å². The van der Waals surface area contributed by atoms with Crippen LogP contribution in [-0.2, 0) is 11.3 Å². The Balaban J connectivity index is 1.80. The molecule has 21 heavy (non-hydrogen) atoms. The molecule has 0 unspecified atom stereocenters. The highest BCUT2D eigenvalue weighted by atomic mass is 32.1. The Labute approximate surface area is 128 Å². The lowest BCUT2D eigenvalue weighted by molar-refractivity contribution is -0.121. The van der Waals surface area contributed by atoms with Crippen molar-refractivity contribution >= 4 is 27.5 Å². The largest absolute Gasteiger partial charge is 0.356 e. The molecule has 0 fully saturated rings. The summed E-state index contributed by atoms with van der Waals surface area (Å²) >= 11 is 1.45. The van der Waals surface area contributed by atoms with E-state index in [0.717, 1.165) is 24.2 Å². The quantitative estimate of drug-likeness (QED) is 0.762. The molecule has 2 aromatic heterocycles. The Kier molecular flexibility index (Phi) is 5.92. The van der Waals surface area contributed by atoms with Crippen LogP contribution in [0, 0.1) is 0 Å². The van der Waals surface area contributed by atoms with E-state index in [1.807, 2.05) is 5.38 Å². The minimum Gasteiger partial charge on any atom is -0.356 e. The summed E-state index contributed by atoms with van der Waals surface area (Å²) in [6.45, 7) is 3.25. The number of amides is 1. The molecule has 0 radical (unpaired) electrons. The van der Waals surface area contributed by atoms with E-state index in [9.17, 15) is 9.59 Å². The molecule has 0 aliphatic heterocycles. The number of aromatic nitrogens is 2. The Bertz CT molecular complexity index is 648. The molecule has 0 atom stereocenters. The van der Waals surface area contributed by atoms with E-state index >= 15 is 0 Å². The van der Waals surface area contributed by atoms with E-state index in [0.29, 0.717) is 18.4 Å². The number of unbranched alkanes of at least 4 members (excludes halogenated alkanes) is 3. The molecular weight excluding hydrogens is 286 g/mol. The standard InChI is InChI=1S/C15H21N3O2S/c1-2-3-4-5-8-16-13(19)6-9-18-11-17-14-12(15(18)20)7-10-21-14/h7,10-11H,2-6,8-9H2,1H3,(H,16,19). The van der Waals surface area contributed by atoms with Gasteiger partial charge in [0.25, 0.3) is 5.56 Å². The lowest BCUT2D eigenvalue weighted by Gasteiger charge is -2.06. The van der Waals surface area contributed by atoms with Gasteiger partial charge in [-0.25, -0.2) is 4.98 Å². The van der Waals surface area contributed by atoms with Crippen LogP contribution in [0.15, 0.2) is 22.6 Å². The summed E-state index contributed by atoms with van der Waals surface area (Å²) in [6.07, 6.45) is 6.39. The number of carbonyl (C=O) groups excluding carboxylic acids is 1.